The van der Waals surface area contributed by atoms with E-state index in [1.807, 2.05) is 19.1 Å². The molecule has 4 aliphatic rings. The first-order chi connectivity index (χ1) is 12.6. The van der Waals surface area contributed by atoms with Crippen LogP contribution in [0.4, 0.5) is 0 Å². The highest BCUT2D eigenvalue weighted by molar-refractivity contribution is 6.03. The van der Waals surface area contributed by atoms with Crippen LogP contribution in [-0.4, -0.2) is 45.1 Å². The molecule has 5 heteroatoms. The van der Waals surface area contributed by atoms with Crippen LogP contribution in [0.15, 0.2) is 23.8 Å². The number of rotatable bonds is 2. The zero-order chi connectivity index (χ0) is 19.8. The molecule has 4 rings (SSSR count). The van der Waals surface area contributed by atoms with Gasteiger partial charge in [-0.25, -0.2) is 0 Å². The Balaban J connectivity index is 1.78. The van der Waals surface area contributed by atoms with Crippen molar-refractivity contribution >= 4 is 11.5 Å². The van der Waals surface area contributed by atoms with Crippen molar-refractivity contribution in [3.63, 3.8) is 0 Å². The van der Waals surface area contributed by atoms with Gasteiger partial charge in [0.2, 0.25) is 0 Å². The first-order valence-corrected chi connectivity index (χ1v) is 10.1. The molecule has 4 aliphatic carbocycles. The second-order valence-corrected chi connectivity index (χ2v) is 9.77. The highest BCUT2D eigenvalue weighted by atomic mass is 16.3. The fraction of sp³-hybridized carbons (Fsp3) is 0.727. The number of aliphatic hydroxyl groups is 3. The number of aliphatic hydroxyl groups excluding tert-OH is 2. The van der Waals surface area contributed by atoms with Crippen molar-refractivity contribution in [3.05, 3.63) is 23.8 Å². The third kappa shape index (κ3) is 2.28. The molecule has 27 heavy (non-hydrogen) atoms. The van der Waals surface area contributed by atoms with Gasteiger partial charge in [-0.05, 0) is 55.6 Å². The smallest absolute Gasteiger partial charge is 0.190 e. The summed E-state index contributed by atoms with van der Waals surface area (Å²) in [6.45, 7) is 5.63. The minimum atomic E-state index is -1.55. The summed E-state index contributed by atoms with van der Waals surface area (Å²) in [5.74, 6) is 0.141. The van der Waals surface area contributed by atoms with Crippen molar-refractivity contribution in [2.24, 2.45) is 34.5 Å². The molecule has 0 spiro atoms. The quantitative estimate of drug-likeness (QED) is 0.596. The number of hydrogen-bond acceptors (Lipinski definition) is 5. The van der Waals surface area contributed by atoms with Crippen LogP contribution < -0.4 is 0 Å². The lowest BCUT2D eigenvalue weighted by atomic mass is 9.45. The molecule has 5 nitrogen and oxygen atoms in total. The molecule has 0 heterocycles. The number of Topliss-reactive ketones (excluding diaryl/α,β-unsaturated/α-hetero) is 1. The summed E-state index contributed by atoms with van der Waals surface area (Å²) in [6, 6.07) is 0. The van der Waals surface area contributed by atoms with Gasteiger partial charge in [0.15, 0.2) is 5.78 Å². The van der Waals surface area contributed by atoms with Crippen LogP contribution in [0.2, 0.25) is 0 Å². The van der Waals surface area contributed by atoms with Gasteiger partial charge in [0.05, 0.1) is 11.8 Å². The first-order valence-electron chi connectivity index (χ1n) is 10.1. The fourth-order valence-electron chi connectivity index (χ4n) is 7.37. The predicted octanol–water partition coefficient (Wildman–Crippen LogP) is 2.25. The molecule has 148 valence electrons. The van der Waals surface area contributed by atoms with E-state index in [0.29, 0.717) is 24.5 Å². The number of nitrogens with one attached hydrogen (secondary N) is 1. The summed E-state index contributed by atoms with van der Waals surface area (Å²) in [7, 11) is 0. The van der Waals surface area contributed by atoms with E-state index in [1.54, 1.807) is 0 Å². The van der Waals surface area contributed by atoms with Gasteiger partial charge in [0.1, 0.15) is 12.2 Å². The van der Waals surface area contributed by atoms with Crippen LogP contribution in [0.25, 0.3) is 0 Å². The molecule has 0 aromatic heterocycles. The molecular formula is C22H31NO4. The molecule has 0 unspecified atom stereocenters. The lowest BCUT2D eigenvalue weighted by Gasteiger charge is -2.60. The Morgan fingerprint density at radius 3 is 2.74 bits per heavy atom. The molecular weight excluding hydrogens is 342 g/mol. The molecule has 0 aromatic carbocycles. The molecule has 0 aromatic rings. The molecule has 3 fully saturated rings. The minimum Gasteiger partial charge on any atom is -0.393 e. The second-order valence-electron chi connectivity index (χ2n) is 9.77. The van der Waals surface area contributed by atoms with Gasteiger partial charge >= 0.3 is 0 Å². The number of allylic oxidation sites excluding steroid dienone is 4. The van der Waals surface area contributed by atoms with E-state index in [1.165, 1.54) is 5.57 Å². The molecule has 3 saturated carbocycles. The summed E-state index contributed by atoms with van der Waals surface area (Å²) < 4.78 is 0. The first kappa shape index (κ1) is 19.0. The van der Waals surface area contributed by atoms with Crippen molar-refractivity contribution in [2.45, 2.75) is 58.2 Å². The highest BCUT2D eigenvalue weighted by Gasteiger charge is 2.68. The Morgan fingerprint density at radius 1 is 1.37 bits per heavy atom. The van der Waals surface area contributed by atoms with Gasteiger partial charge in [-0.1, -0.05) is 32.4 Å². The highest BCUT2D eigenvalue weighted by Crippen LogP contribution is 2.67. The van der Waals surface area contributed by atoms with Gasteiger partial charge in [-0.2, -0.15) is 0 Å². The Morgan fingerprint density at radius 2 is 2.07 bits per heavy atom. The van der Waals surface area contributed by atoms with E-state index in [2.05, 4.69) is 19.9 Å². The predicted molar refractivity (Wildman–Crippen MR) is 102 cm³/mol. The van der Waals surface area contributed by atoms with Crippen LogP contribution in [0.3, 0.4) is 0 Å². The Bertz CT molecular complexity index is 757. The van der Waals surface area contributed by atoms with Gasteiger partial charge < -0.3 is 20.7 Å². The SMILES string of the molecule is C[C@H]1C[C@@H]2[C@H]([C@@H](O)C[C@@]3(C)[C@H]2CC[C@]3(O)C(=O)CO)[C@@]2(C)C=CC(=N)C=C12. The molecule has 0 amide bonds. The molecule has 0 bridgehead atoms. The summed E-state index contributed by atoms with van der Waals surface area (Å²) in [5.41, 5.74) is -0.834. The minimum absolute atomic E-state index is 0.0222. The van der Waals surface area contributed by atoms with Gasteiger partial charge in [0.25, 0.3) is 0 Å². The van der Waals surface area contributed by atoms with Crippen molar-refractivity contribution < 1.29 is 20.1 Å². The third-order valence-electron chi connectivity index (χ3n) is 8.60. The molecule has 4 N–H and O–H groups in total. The van der Waals surface area contributed by atoms with E-state index in [4.69, 9.17) is 5.41 Å². The number of fused-ring (bicyclic) bond motifs is 5. The van der Waals surface area contributed by atoms with E-state index >= 15 is 0 Å². The summed E-state index contributed by atoms with van der Waals surface area (Å²) in [6.07, 6.45) is 7.61. The Hall–Kier alpha value is -1.30. The van der Waals surface area contributed by atoms with Crippen LogP contribution in [0.1, 0.15) is 46.5 Å². The van der Waals surface area contributed by atoms with Crippen LogP contribution in [0.5, 0.6) is 0 Å². The van der Waals surface area contributed by atoms with Crippen molar-refractivity contribution in [3.8, 4) is 0 Å². The maximum atomic E-state index is 12.4. The standard InChI is InChI=1S/C22H31NO4/c1-12-8-14-15-5-7-22(27,18(26)11-24)21(15,3)10-17(25)19(14)20(2)6-4-13(23)9-16(12)20/h4,6,9,12,14-15,17,19,23-25,27H,5,7-8,10-11H2,1-3H3/t12-,14-,15-,17-,19+,20-,21-,22-/m0/s1. The van der Waals surface area contributed by atoms with Gasteiger partial charge in [-0.15, -0.1) is 0 Å². The maximum Gasteiger partial charge on any atom is 0.190 e. The molecule has 0 aliphatic heterocycles. The summed E-state index contributed by atoms with van der Waals surface area (Å²) in [4.78, 5) is 12.4. The number of ketones is 1. The Labute approximate surface area is 160 Å². The topological polar surface area (TPSA) is 102 Å². The van der Waals surface area contributed by atoms with E-state index < -0.39 is 29.5 Å². The number of carbonyl (C=O) groups is 1. The van der Waals surface area contributed by atoms with Crippen LogP contribution in [-0.2, 0) is 4.79 Å². The Kier molecular flexibility index (Phi) is 4.12. The average molecular weight is 373 g/mol. The van der Waals surface area contributed by atoms with Gasteiger partial charge in [-0.3, -0.25) is 4.79 Å². The maximum absolute atomic E-state index is 12.4. The van der Waals surface area contributed by atoms with E-state index in [9.17, 15) is 20.1 Å². The molecule has 0 saturated heterocycles. The zero-order valence-electron chi connectivity index (χ0n) is 16.4. The van der Waals surface area contributed by atoms with Crippen LogP contribution >= 0.6 is 0 Å². The summed E-state index contributed by atoms with van der Waals surface area (Å²) in [5, 5.41) is 39.9. The van der Waals surface area contributed by atoms with Crippen molar-refractivity contribution in [1.29, 1.82) is 5.41 Å². The van der Waals surface area contributed by atoms with Crippen molar-refractivity contribution in [1.82, 2.24) is 0 Å². The fourth-order valence-corrected chi connectivity index (χ4v) is 7.37. The van der Waals surface area contributed by atoms with E-state index in [0.717, 1.165) is 12.8 Å². The largest absolute Gasteiger partial charge is 0.393 e. The van der Waals surface area contributed by atoms with Crippen molar-refractivity contribution in [2.75, 3.05) is 6.61 Å². The van der Waals surface area contributed by atoms with Gasteiger partial charge in [0, 0.05) is 16.7 Å². The second kappa shape index (κ2) is 5.85. The van der Waals surface area contributed by atoms with E-state index in [-0.39, 0.29) is 23.2 Å². The number of carbonyl (C=O) groups excluding carboxylic acids is 1. The average Bonchev–Trinajstić information content (AvgIpc) is 2.87. The lowest BCUT2D eigenvalue weighted by molar-refractivity contribution is -0.180. The third-order valence-corrected chi connectivity index (χ3v) is 8.60. The summed E-state index contributed by atoms with van der Waals surface area (Å²) >= 11 is 0. The normalized spacial score (nSPS) is 51.3. The number of hydrogen-bond donors (Lipinski definition) is 4. The zero-order valence-corrected chi connectivity index (χ0v) is 16.4. The van der Waals surface area contributed by atoms with Crippen LogP contribution in [0, 0.1) is 39.9 Å². The molecule has 0 radical (unpaired) electrons. The molecule has 8 atom stereocenters. The lowest BCUT2D eigenvalue weighted by Crippen LogP contribution is -2.62. The monoisotopic (exact) mass is 373 g/mol.